The van der Waals surface area contributed by atoms with E-state index in [4.69, 9.17) is 4.74 Å². The highest BCUT2D eigenvalue weighted by molar-refractivity contribution is 4.86. The Balaban J connectivity index is 1.95. The molecule has 0 bridgehead atoms. The van der Waals surface area contributed by atoms with Gasteiger partial charge in [0.15, 0.2) is 0 Å². The predicted octanol–water partition coefficient (Wildman–Crippen LogP) is 2.46. The summed E-state index contributed by atoms with van der Waals surface area (Å²) in [6.07, 6.45) is 4.53. The molecule has 2 rings (SSSR count). The molecule has 2 aliphatic rings. The van der Waals surface area contributed by atoms with Gasteiger partial charge in [0.1, 0.15) is 0 Å². The molecule has 0 spiro atoms. The molecular weight excluding hydrogens is 188 g/mol. The second-order valence-electron chi connectivity index (χ2n) is 5.67. The molecule has 4 unspecified atom stereocenters. The van der Waals surface area contributed by atoms with Crippen LogP contribution in [0.4, 0.5) is 0 Å². The monoisotopic (exact) mass is 212 g/mol. The fourth-order valence-electron chi connectivity index (χ4n) is 3.23. The van der Waals surface area contributed by atoms with Crippen LogP contribution in [-0.4, -0.2) is 24.4 Å². The summed E-state index contributed by atoms with van der Waals surface area (Å²) in [4.78, 5) is 0. The van der Waals surface area contributed by atoms with Crippen LogP contribution in [0.5, 0.6) is 0 Å². The average Bonchev–Trinajstić information content (AvgIpc) is 2.71. The molecule has 0 aromatic carbocycles. The summed E-state index contributed by atoms with van der Waals surface area (Å²) in [5.41, 5.74) is 0. The lowest BCUT2D eigenvalue weighted by atomic mass is 9.70. The van der Waals surface area contributed by atoms with E-state index in [-0.39, 0.29) is 6.10 Å². The summed E-state index contributed by atoms with van der Waals surface area (Å²) in [6.45, 7) is 6.40. The molecule has 1 N–H and O–H groups in total. The Hall–Kier alpha value is -0.0800. The van der Waals surface area contributed by atoms with Crippen LogP contribution < -0.4 is 0 Å². The molecule has 0 aromatic rings. The van der Waals surface area contributed by atoms with Crippen molar-refractivity contribution >= 4 is 0 Å². The summed E-state index contributed by atoms with van der Waals surface area (Å²) in [7, 11) is 0. The number of aliphatic hydroxyl groups excluding tert-OH is 1. The minimum absolute atomic E-state index is 0.0632. The van der Waals surface area contributed by atoms with Gasteiger partial charge < -0.3 is 9.84 Å². The molecule has 4 atom stereocenters. The van der Waals surface area contributed by atoms with Crippen molar-refractivity contribution in [1.82, 2.24) is 0 Å². The minimum Gasteiger partial charge on any atom is -0.393 e. The van der Waals surface area contributed by atoms with Crippen LogP contribution in [0.25, 0.3) is 0 Å². The Kier molecular flexibility index (Phi) is 3.68. The number of hydrogen-bond acceptors (Lipinski definition) is 2. The molecule has 88 valence electrons. The fourth-order valence-corrected chi connectivity index (χ4v) is 3.23. The normalized spacial score (nSPS) is 42.4. The molecule has 2 nitrogen and oxygen atoms in total. The molecule has 0 aromatic heterocycles. The van der Waals surface area contributed by atoms with Crippen molar-refractivity contribution in [3.63, 3.8) is 0 Å². The van der Waals surface area contributed by atoms with Gasteiger partial charge in [0.25, 0.3) is 0 Å². The topological polar surface area (TPSA) is 29.5 Å². The first-order valence-electron chi connectivity index (χ1n) is 6.44. The summed E-state index contributed by atoms with van der Waals surface area (Å²) < 4.78 is 5.44. The maximum Gasteiger partial charge on any atom is 0.0572 e. The minimum atomic E-state index is -0.0632. The van der Waals surface area contributed by atoms with Crippen LogP contribution in [0.1, 0.15) is 39.5 Å². The van der Waals surface area contributed by atoms with E-state index in [2.05, 4.69) is 13.8 Å². The predicted molar refractivity (Wildman–Crippen MR) is 60.6 cm³/mol. The van der Waals surface area contributed by atoms with E-state index in [1.165, 1.54) is 12.8 Å². The SMILES string of the molecule is CC(C)C1CCC(O)C(C2CCOC2)C1. The second kappa shape index (κ2) is 4.84. The van der Waals surface area contributed by atoms with Crippen molar-refractivity contribution in [2.24, 2.45) is 23.7 Å². The van der Waals surface area contributed by atoms with E-state index in [9.17, 15) is 5.11 Å². The highest BCUT2D eigenvalue weighted by Gasteiger charge is 2.36. The lowest BCUT2D eigenvalue weighted by Gasteiger charge is -2.38. The number of aliphatic hydroxyl groups is 1. The maximum absolute atomic E-state index is 10.1. The molecular formula is C13H24O2. The molecule has 2 fully saturated rings. The fraction of sp³-hybridized carbons (Fsp3) is 1.00. The van der Waals surface area contributed by atoms with Crippen molar-refractivity contribution in [2.75, 3.05) is 13.2 Å². The van der Waals surface area contributed by atoms with Crippen molar-refractivity contribution in [3.8, 4) is 0 Å². The number of hydrogen-bond donors (Lipinski definition) is 1. The van der Waals surface area contributed by atoms with Crippen LogP contribution in [0, 0.1) is 23.7 Å². The van der Waals surface area contributed by atoms with Gasteiger partial charge in [0.2, 0.25) is 0 Å². The maximum atomic E-state index is 10.1. The molecule has 1 saturated heterocycles. The molecule has 0 radical (unpaired) electrons. The Morgan fingerprint density at radius 1 is 1.20 bits per heavy atom. The Morgan fingerprint density at radius 3 is 2.60 bits per heavy atom. The first kappa shape index (κ1) is 11.4. The highest BCUT2D eigenvalue weighted by Crippen LogP contribution is 2.39. The summed E-state index contributed by atoms with van der Waals surface area (Å²) >= 11 is 0. The number of ether oxygens (including phenoxy) is 1. The zero-order chi connectivity index (χ0) is 10.8. The Morgan fingerprint density at radius 2 is 2.00 bits per heavy atom. The zero-order valence-corrected chi connectivity index (χ0v) is 9.98. The van der Waals surface area contributed by atoms with Crippen LogP contribution in [0.2, 0.25) is 0 Å². The van der Waals surface area contributed by atoms with Gasteiger partial charge >= 0.3 is 0 Å². The standard InChI is InChI=1S/C13H24O2/c1-9(2)10-3-4-13(14)12(7-10)11-5-6-15-8-11/h9-14H,3-8H2,1-2H3. The summed E-state index contributed by atoms with van der Waals surface area (Å²) in [5.74, 6) is 2.72. The third-order valence-corrected chi connectivity index (χ3v) is 4.42. The third kappa shape index (κ3) is 2.54. The van der Waals surface area contributed by atoms with Crippen LogP contribution in [0.3, 0.4) is 0 Å². The lowest BCUT2D eigenvalue weighted by molar-refractivity contribution is 0.00494. The van der Waals surface area contributed by atoms with Crippen LogP contribution in [-0.2, 0) is 4.74 Å². The average molecular weight is 212 g/mol. The molecule has 1 aliphatic heterocycles. The van der Waals surface area contributed by atoms with Gasteiger partial charge in [-0.2, -0.15) is 0 Å². The zero-order valence-electron chi connectivity index (χ0n) is 9.98. The van der Waals surface area contributed by atoms with Gasteiger partial charge in [-0.3, -0.25) is 0 Å². The third-order valence-electron chi connectivity index (χ3n) is 4.42. The molecule has 1 heterocycles. The summed E-state index contributed by atoms with van der Waals surface area (Å²) in [5, 5.41) is 10.1. The van der Waals surface area contributed by atoms with E-state index in [1.54, 1.807) is 0 Å². The van der Waals surface area contributed by atoms with Crippen molar-refractivity contribution in [1.29, 1.82) is 0 Å². The molecule has 1 aliphatic carbocycles. The van der Waals surface area contributed by atoms with E-state index in [0.29, 0.717) is 11.8 Å². The quantitative estimate of drug-likeness (QED) is 0.762. The summed E-state index contributed by atoms with van der Waals surface area (Å²) in [6, 6.07) is 0. The van der Waals surface area contributed by atoms with Crippen molar-refractivity contribution in [2.45, 2.75) is 45.6 Å². The van der Waals surface area contributed by atoms with E-state index in [0.717, 1.165) is 37.9 Å². The van der Waals surface area contributed by atoms with Crippen LogP contribution >= 0.6 is 0 Å². The van der Waals surface area contributed by atoms with Gasteiger partial charge in [-0.1, -0.05) is 13.8 Å². The van der Waals surface area contributed by atoms with Gasteiger partial charge in [-0.15, -0.1) is 0 Å². The first-order valence-corrected chi connectivity index (χ1v) is 6.44. The molecule has 15 heavy (non-hydrogen) atoms. The molecule has 2 heteroatoms. The molecule has 1 saturated carbocycles. The van der Waals surface area contributed by atoms with Gasteiger partial charge in [-0.25, -0.2) is 0 Å². The molecule has 0 amide bonds. The van der Waals surface area contributed by atoms with Crippen molar-refractivity contribution in [3.05, 3.63) is 0 Å². The van der Waals surface area contributed by atoms with E-state index < -0.39 is 0 Å². The Bertz CT molecular complexity index is 197. The largest absolute Gasteiger partial charge is 0.393 e. The van der Waals surface area contributed by atoms with Crippen molar-refractivity contribution < 1.29 is 9.84 Å². The van der Waals surface area contributed by atoms with Gasteiger partial charge in [0, 0.05) is 13.2 Å². The first-order chi connectivity index (χ1) is 7.18. The highest BCUT2D eigenvalue weighted by atomic mass is 16.5. The van der Waals surface area contributed by atoms with Crippen LogP contribution in [0.15, 0.2) is 0 Å². The van der Waals surface area contributed by atoms with E-state index >= 15 is 0 Å². The van der Waals surface area contributed by atoms with Gasteiger partial charge in [0.05, 0.1) is 6.10 Å². The lowest BCUT2D eigenvalue weighted by Crippen LogP contribution is -2.36. The van der Waals surface area contributed by atoms with E-state index in [1.807, 2.05) is 0 Å². The van der Waals surface area contributed by atoms with Gasteiger partial charge in [-0.05, 0) is 49.4 Å². The number of rotatable bonds is 2. The smallest absolute Gasteiger partial charge is 0.0572 e. The Labute approximate surface area is 93.0 Å². The second-order valence-corrected chi connectivity index (χ2v) is 5.67.